The van der Waals surface area contributed by atoms with Crippen molar-refractivity contribution in [1.29, 1.82) is 0 Å². The van der Waals surface area contributed by atoms with Crippen molar-refractivity contribution in [1.82, 2.24) is 5.32 Å². The summed E-state index contributed by atoms with van der Waals surface area (Å²) in [4.78, 5) is 22.8. The second-order valence-electron chi connectivity index (χ2n) is 6.21. The van der Waals surface area contributed by atoms with Crippen molar-refractivity contribution >= 4 is 27.9 Å². The summed E-state index contributed by atoms with van der Waals surface area (Å²) in [5.74, 6) is -0.998. The highest BCUT2D eigenvalue weighted by atomic mass is 79.9. The molecule has 134 valence electrons. The van der Waals surface area contributed by atoms with Crippen LogP contribution in [0.4, 0.5) is 9.18 Å². The third-order valence-corrected chi connectivity index (χ3v) is 3.43. The molecule has 0 heterocycles. The quantitative estimate of drug-likeness (QED) is 0.730. The first-order chi connectivity index (χ1) is 11.1. The fraction of sp³-hybridized carbons (Fsp3) is 0.500. The van der Waals surface area contributed by atoms with Gasteiger partial charge in [-0.3, -0.25) is 4.79 Å². The van der Waals surface area contributed by atoms with E-state index in [1.807, 2.05) is 0 Å². The third kappa shape index (κ3) is 7.63. The van der Waals surface area contributed by atoms with Crippen molar-refractivity contribution in [2.24, 2.45) is 5.73 Å². The van der Waals surface area contributed by atoms with Crippen LogP contribution in [0.25, 0.3) is 0 Å². The van der Waals surface area contributed by atoms with Crippen molar-refractivity contribution < 1.29 is 23.5 Å². The summed E-state index contributed by atoms with van der Waals surface area (Å²) in [6.07, 6.45) is -0.329. The van der Waals surface area contributed by atoms with E-state index in [-0.39, 0.29) is 29.7 Å². The molecule has 0 spiro atoms. The molecule has 0 aliphatic heterocycles. The number of halogens is 2. The van der Waals surface area contributed by atoms with E-state index in [0.29, 0.717) is 0 Å². The standard InChI is InChI=1S/C16H22BrFN2O4/c1-16(2,3)24-15(22)20-10(7-8-13(19)21)9-23-12-6-4-5-11(17)14(12)18/h4-6,10H,7-9H2,1-3H3,(H2,19,21)(H,20,22). The summed E-state index contributed by atoms with van der Waals surface area (Å²) >= 11 is 3.07. The van der Waals surface area contributed by atoms with Crippen LogP contribution in [0.15, 0.2) is 22.7 Å². The maximum absolute atomic E-state index is 13.9. The van der Waals surface area contributed by atoms with Gasteiger partial charge in [-0.05, 0) is 55.3 Å². The minimum Gasteiger partial charge on any atom is -0.488 e. The lowest BCUT2D eigenvalue weighted by Crippen LogP contribution is -2.42. The molecule has 24 heavy (non-hydrogen) atoms. The van der Waals surface area contributed by atoms with Gasteiger partial charge in [0, 0.05) is 6.42 Å². The van der Waals surface area contributed by atoms with Gasteiger partial charge in [0.05, 0.1) is 10.5 Å². The second kappa shape index (κ2) is 8.86. The number of nitrogens with two attached hydrogens (primary N) is 1. The van der Waals surface area contributed by atoms with Gasteiger partial charge in [-0.2, -0.15) is 0 Å². The van der Waals surface area contributed by atoms with E-state index >= 15 is 0 Å². The van der Waals surface area contributed by atoms with Crippen LogP contribution in [0.5, 0.6) is 5.75 Å². The summed E-state index contributed by atoms with van der Waals surface area (Å²) in [6, 6.07) is 4.10. The van der Waals surface area contributed by atoms with Crippen LogP contribution in [0.3, 0.4) is 0 Å². The third-order valence-electron chi connectivity index (χ3n) is 2.82. The number of amides is 2. The van der Waals surface area contributed by atoms with Gasteiger partial charge in [-0.15, -0.1) is 0 Å². The summed E-state index contributed by atoms with van der Waals surface area (Å²) in [5, 5.41) is 2.61. The van der Waals surface area contributed by atoms with Crippen molar-refractivity contribution in [3.05, 3.63) is 28.5 Å². The van der Waals surface area contributed by atoms with E-state index in [2.05, 4.69) is 21.2 Å². The molecule has 8 heteroatoms. The van der Waals surface area contributed by atoms with Crippen LogP contribution < -0.4 is 15.8 Å². The molecule has 0 radical (unpaired) electrons. The Morgan fingerprint density at radius 2 is 2.04 bits per heavy atom. The predicted molar refractivity (Wildman–Crippen MR) is 91.2 cm³/mol. The zero-order chi connectivity index (χ0) is 18.3. The lowest BCUT2D eigenvalue weighted by molar-refractivity contribution is -0.118. The lowest BCUT2D eigenvalue weighted by Gasteiger charge is -2.23. The number of alkyl carbamates (subject to hydrolysis) is 1. The number of hydrogen-bond acceptors (Lipinski definition) is 4. The Hall–Kier alpha value is -1.83. The topological polar surface area (TPSA) is 90.6 Å². The maximum atomic E-state index is 13.9. The Morgan fingerprint density at radius 3 is 2.62 bits per heavy atom. The molecule has 1 atom stereocenters. The fourth-order valence-electron chi connectivity index (χ4n) is 1.77. The Balaban J connectivity index is 2.69. The monoisotopic (exact) mass is 404 g/mol. The van der Waals surface area contributed by atoms with E-state index in [4.69, 9.17) is 15.2 Å². The van der Waals surface area contributed by atoms with Crippen LogP contribution in [0, 0.1) is 5.82 Å². The first-order valence-corrected chi connectivity index (χ1v) is 8.22. The van der Waals surface area contributed by atoms with Crippen molar-refractivity contribution in [3.63, 3.8) is 0 Å². The van der Waals surface area contributed by atoms with Gasteiger partial charge in [0.1, 0.15) is 12.2 Å². The average Bonchev–Trinajstić information content (AvgIpc) is 2.43. The molecule has 0 aromatic heterocycles. The summed E-state index contributed by atoms with van der Waals surface area (Å²) in [7, 11) is 0. The molecule has 3 N–H and O–H groups in total. The Kier molecular flexibility index (Phi) is 7.47. The molecule has 0 fully saturated rings. The van der Waals surface area contributed by atoms with Gasteiger partial charge < -0.3 is 20.5 Å². The highest BCUT2D eigenvalue weighted by molar-refractivity contribution is 9.10. The summed E-state index contributed by atoms with van der Waals surface area (Å²) in [6.45, 7) is 5.18. The Labute approximate surface area is 149 Å². The molecule has 2 amide bonds. The normalized spacial score (nSPS) is 12.4. The second-order valence-corrected chi connectivity index (χ2v) is 7.07. The molecule has 6 nitrogen and oxygen atoms in total. The highest BCUT2D eigenvalue weighted by Gasteiger charge is 2.21. The van der Waals surface area contributed by atoms with E-state index in [1.54, 1.807) is 32.9 Å². The van der Waals surface area contributed by atoms with Crippen LogP contribution in [0.1, 0.15) is 33.6 Å². The van der Waals surface area contributed by atoms with Gasteiger partial charge in [0.2, 0.25) is 5.91 Å². The molecular formula is C16H22BrFN2O4. The van der Waals surface area contributed by atoms with Gasteiger partial charge in [0.25, 0.3) is 0 Å². The first-order valence-electron chi connectivity index (χ1n) is 7.43. The molecular weight excluding hydrogens is 383 g/mol. The van der Waals surface area contributed by atoms with Gasteiger partial charge >= 0.3 is 6.09 Å². The molecule has 0 aliphatic carbocycles. The molecule has 1 rings (SSSR count). The molecule has 0 saturated heterocycles. The number of carbonyl (C=O) groups excluding carboxylic acids is 2. The molecule has 0 aliphatic rings. The first kappa shape index (κ1) is 20.2. The summed E-state index contributed by atoms with van der Waals surface area (Å²) in [5.41, 5.74) is 4.48. The van der Waals surface area contributed by atoms with Gasteiger partial charge in [-0.25, -0.2) is 9.18 Å². The molecule has 1 aromatic rings. The van der Waals surface area contributed by atoms with Crippen molar-refractivity contribution in [2.45, 2.75) is 45.3 Å². The van der Waals surface area contributed by atoms with Gasteiger partial charge in [0.15, 0.2) is 11.6 Å². The largest absolute Gasteiger partial charge is 0.488 e. The average molecular weight is 405 g/mol. The van der Waals surface area contributed by atoms with Crippen molar-refractivity contribution in [3.8, 4) is 5.75 Å². The molecule has 0 saturated carbocycles. The SMILES string of the molecule is CC(C)(C)OC(=O)NC(CCC(N)=O)COc1cccc(Br)c1F. The number of ether oxygens (including phenoxy) is 2. The molecule has 0 bridgehead atoms. The number of primary amides is 1. The van der Waals surface area contributed by atoms with Gasteiger partial charge in [-0.1, -0.05) is 6.07 Å². The van der Waals surface area contributed by atoms with E-state index < -0.39 is 29.5 Å². The van der Waals surface area contributed by atoms with Crippen LogP contribution in [0.2, 0.25) is 0 Å². The lowest BCUT2D eigenvalue weighted by atomic mass is 10.1. The van der Waals surface area contributed by atoms with Crippen LogP contribution >= 0.6 is 15.9 Å². The van der Waals surface area contributed by atoms with Crippen LogP contribution in [-0.4, -0.2) is 30.3 Å². The van der Waals surface area contributed by atoms with Crippen molar-refractivity contribution in [2.75, 3.05) is 6.61 Å². The van der Waals surface area contributed by atoms with Crippen LogP contribution in [-0.2, 0) is 9.53 Å². The minimum atomic E-state index is -0.657. The van der Waals surface area contributed by atoms with E-state index in [1.165, 1.54) is 6.07 Å². The number of carbonyl (C=O) groups is 2. The number of benzene rings is 1. The smallest absolute Gasteiger partial charge is 0.407 e. The zero-order valence-electron chi connectivity index (χ0n) is 13.9. The minimum absolute atomic E-state index is 0.0279. The number of nitrogens with one attached hydrogen (secondary N) is 1. The molecule has 1 unspecified atom stereocenters. The summed E-state index contributed by atoms with van der Waals surface area (Å²) < 4.78 is 24.7. The Bertz CT molecular complexity index is 590. The molecule has 1 aromatic carbocycles. The number of rotatable bonds is 7. The van der Waals surface area contributed by atoms with E-state index in [0.717, 1.165) is 0 Å². The number of hydrogen-bond donors (Lipinski definition) is 2. The van der Waals surface area contributed by atoms with E-state index in [9.17, 15) is 14.0 Å². The zero-order valence-corrected chi connectivity index (χ0v) is 15.5. The maximum Gasteiger partial charge on any atom is 0.407 e. The fourth-order valence-corrected chi connectivity index (χ4v) is 2.12. The Morgan fingerprint density at radius 1 is 1.38 bits per heavy atom. The highest BCUT2D eigenvalue weighted by Crippen LogP contribution is 2.24. The predicted octanol–water partition coefficient (Wildman–Crippen LogP) is 3.13.